The number of rotatable bonds is 0. The molecule has 2 nitrogen and oxygen atoms in total. The Morgan fingerprint density at radius 2 is 2.08 bits per heavy atom. The summed E-state index contributed by atoms with van der Waals surface area (Å²) in [5.74, 6) is 0. The second-order valence-corrected chi connectivity index (χ2v) is 4.57. The Bertz CT molecular complexity index is 309. The Morgan fingerprint density at radius 3 is 2.75 bits per heavy atom. The van der Waals surface area contributed by atoms with Gasteiger partial charge in [0, 0.05) is 4.90 Å². The quantitative estimate of drug-likeness (QED) is 0.639. The van der Waals surface area contributed by atoms with Gasteiger partial charge in [-0.05, 0) is 18.6 Å². The lowest BCUT2D eigenvalue weighted by molar-refractivity contribution is 0.00889. The fourth-order valence-electron chi connectivity index (χ4n) is 1.37. The van der Waals surface area contributed by atoms with Crippen molar-refractivity contribution in [1.82, 2.24) is 0 Å². The highest BCUT2D eigenvalue weighted by atomic mass is 32.2. The van der Waals surface area contributed by atoms with Crippen LogP contribution in [-0.4, -0.2) is 15.1 Å². The maximum absolute atomic E-state index is 9.70. The third-order valence-corrected chi connectivity index (χ3v) is 3.27. The van der Waals surface area contributed by atoms with E-state index in [4.69, 9.17) is 0 Å². The Kier molecular flexibility index (Phi) is 1.68. The molecule has 0 amide bonds. The number of fused-ring (bicyclic) bond motifs is 1. The number of aliphatic hydroxyl groups is 2. The fourth-order valence-corrected chi connectivity index (χ4v) is 2.49. The molecule has 2 rings (SSSR count). The molecule has 0 aromatic heterocycles. The average Bonchev–Trinajstić information content (AvgIpc) is 2.24. The zero-order valence-electron chi connectivity index (χ0n) is 6.69. The zero-order chi connectivity index (χ0) is 8.77. The molecule has 0 saturated carbocycles. The molecule has 1 aromatic carbocycles. The first-order valence-electron chi connectivity index (χ1n) is 3.79. The molecule has 1 aromatic rings. The monoisotopic (exact) mass is 182 g/mol. The maximum Gasteiger partial charge on any atom is 0.142 e. The number of hydrogen-bond acceptors (Lipinski definition) is 3. The Balaban J connectivity index is 2.49. The summed E-state index contributed by atoms with van der Waals surface area (Å²) in [4.78, 5) is -0.0982. The van der Waals surface area contributed by atoms with E-state index in [-0.39, 0.29) is 0 Å². The normalized spacial score (nSPS) is 33.4. The van der Waals surface area contributed by atoms with Crippen molar-refractivity contribution >= 4 is 11.8 Å². The van der Waals surface area contributed by atoms with E-state index in [9.17, 15) is 10.2 Å². The van der Waals surface area contributed by atoms with Gasteiger partial charge >= 0.3 is 0 Å². The molecular weight excluding hydrogens is 172 g/mol. The van der Waals surface area contributed by atoms with Gasteiger partial charge in [0.2, 0.25) is 0 Å². The second kappa shape index (κ2) is 2.49. The lowest BCUT2D eigenvalue weighted by Crippen LogP contribution is -2.23. The first-order valence-corrected chi connectivity index (χ1v) is 4.61. The molecule has 1 aliphatic rings. The van der Waals surface area contributed by atoms with Crippen molar-refractivity contribution < 1.29 is 10.2 Å². The van der Waals surface area contributed by atoms with Crippen LogP contribution in [0.15, 0.2) is 29.2 Å². The zero-order valence-corrected chi connectivity index (χ0v) is 7.51. The van der Waals surface area contributed by atoms with Crippen LogP contribution in [0.4, 0.5) is 0 Å². The van der Waals surface area contributed by atoms with Gasteiger partial charge in [-0.25, -0.2) is 0 Å². The van der Waals surface area contributed by atoms with Crippen LogP contribution in [0.25, 0.3) is 0 Å². The van der Waals surface area contributed by atoms with Gasteiger partial charge in [0.25, 0.3) is 0 Å². The molecule has 3 heteroatoms. The largest absolute Gasteiger partial charge is 0.384 e. The Hall–Kier alpha value is -0.510. The van der Waals surface area contributed by atoms with Crippen LogP contribution < -0.4 is 0 Å². The molecule has 2 N–H and O–H groups in total. The van der Waals surface area contributed by atoms with Gasteiger partial charge in [-0.15, -0.1) is 0 Å². The Morgan fingerprint density at radius 1 is 1.42 bits per heavy atom. The highest BCUT2D eigenvalue weighted by Crippen LogP contribution is 2.49. The highest BCUT2D eigenvalue weighted by Gasteiger charge is 2.40. The van der Waals surface area contributed by atoms with Gasteiger partial charge in [-0.1, -0.05) is 30.0 Å². The van der Waals surface area contributed by atoms with Crippen molar-refractivity contribution in [3.8, 4) is 0 Å². The summed E-state index contributed by atoms with van der Waals surface area (Å²) in [6.07, 6.45) is -0.765. The maximum atomic E-state index is 9.70. The number of thioether (sulfide) groups is 1. The van der Waals surface area contributed by atoms with E-state index >= 15 is 0 Å². The average molecular weight is 182 g/mol. The van der Waals surface area contributed by atoms with Crippen molar-refractivity contribution in [1.29, 1.82) is 0 Å². The van der Waals surface area contributed by atoms with Crippen LogP contribution in [-0.2, 0) is 0 Å². The van der Waals surface area contributed by atoms with Crippen molar-refractivity contribution in [2.45, 2.75) is 22.9 Å². The molecule has 1 heterocycles. The minimum absolute atomic E-state index is 0.765. The summed E-state index contributed by atoms with van der Waals surface area (Å²) in [7, 11) is 0. The third kappa shape index (κ3) is 1.05. The summed E-state index contributed by atoms with van der Waals surface area (Å²) in [6, 6.07) is 7.52. The highest BCUT2D eigenvalue weighted by molar-refractivity contribution is 8.00. The van der Waals surface area contributed by atoms with E-state index in [2.05, 4.69) is 0 Å². The molecule has 0 aliphatic carbocycles. The van der Waals surface area contributed by atoms with Crippen LogP contribution in [0.3, 0.4) is 0 Å². The lowest BCUT2D eigenvalue weighted by Gasteiger charge is -2.19. The molecule has 0 fully saturated rings. The van der Waals surface area contributed by atoms with Crippen LogP contribution in [0.2, 0.25) is 0 Å². The molecule has 0 radical (unpaired) electrons. The van der Waals surface area contributed by atoms with Gasteiger partial charge in [0.05, 0.1) is 0 Å². The summed E-state index contributed by atoms with van der Waals surface area (Å²) >= 11 is 1.31. The first-order chi connectivity index (χ1) is 5.61. The van der Waals surface area contributed by atoms with E-state index < -0.39 is 11.0 Å². The molecule has 1 aliphatic heterocycles. The van der Waals surface area contributed by atoms with Crippen molar-refractivity contribution in [3.63, 3.8) is 0 Å². The summed E-state index contributed by atoms with van der Waals surface area (Å²) < 4.78 is 0. The summed E-state index contributed by atoms with van der Waals surface area (Å²) in [6.45, 7) is 1.63. The van der Waals surface area contributed by atoms with E-state index in [0.717, 1.165) is 10.5 Å². The minimum atomic E-state index is -1.07. The standard InChI is InChI=1S/C9H10O2S/c1-9(11)8(10)6-4-2-3-5-7(6)12-9/h2-5,8,10-11H,1H3/t8-,9+/m1/s1. The molecule has 2 atom stereocenters. The smallest absolute Gasteiger partial charge is 0.142 e. The SMILES string of the molecule is C[C@]1(O)Sc2ccccc2[C@H]1O. The number of hydrogen-bond donors (Lipinski definition) is 2. The van der Waals surface area contributed by atoms with Gasteiger partial charge < -0.3 is 10.2 Å². The van der Waals surface area contributed by atoms with Gasteiger partial charge in [-0.3, -0.25) is 0 Å². The summed E-state index contributed by atoms with van der Waals surface area (Å²) in [5, 5.41) is 19.3. The van der Waals surface area contributed by atoms with E-state index in [1.807, 2.05) is 24.3 Å². The fraction of sp³-hybridized carbons (Fsp3) is 0.333. The van der Waals surface area contributed by atoms with E-state index in [1.54, 1.807) is 6.92 Å². The molecular formula is C9H10O2S. The first kappa shape index (κ1) is 8.10. The third-order valence-electron chi connectivity index (χ3n) is 2.04. The van der Waals surface area contributed by atoms with Gasteiger partial charge in [0.15, 0.2) is 0 Å². The Labute approximate surface area is 75.2 Å². The van der Waals surface area contributed by atoms with Crippen LogP contribution >= 0.6 is 11.8 Å². The predicted molar refractivity (Wildman–Crippen MR) is 47.9 cm³/mol. The minimum Gasteiger partial charge on any atom is -0.384 e. The topological polar surface area (TPSA) is 40.5 Å². The predicted octanol–water partition coefficient (Wildman–Crippen LogP) is 1.53. The number of aliphatic hydroxyl groups excluding tert-OH is 1. The van der Waals surface area contributed by atoms with E-state index in [1.165, 1.54) is 11.8 Å². The lowest BCUT2D eigenvalue weighted by atomic mass is 10.1. The van der Waals surface area contributed by atoms with Crippen molar-refractivity contribution in [2.24, 2.45) is 0 Å². The molecule has 0 bridgehead atoms. The molecule has 0 unspecified atom stereocenters. The molecule has 12 heavy (non-hydrogen) atoms. The summed E-state index contributed by atoms with van der Waals surface area (Å²) in [5.41, 5.74) is 0.826. The van der Waals surface area contributed by atoms with Gasteiger partial charge in [0.1, 0.15) is 11.0 Å². The van der Waals surface area contributed by atoms with Crippen molar-refractivity contribution in [2.75, 3.05) is 0 Å². The second-order valence-electron chi connectivity index (χ2n) is 3.10. The van der Waals surface area contributed by atoms with Gasteiger partial charge in [-0.2, -0.15) is 0 Å². The molecule has 64 valence electrons. The number of benzene rings is 1. The van der Waals surface area contributed by atoms with Crippen LogP contribution in [0, 0.1) is 0 Å². The van der Waals surface area contributed by atoms with E-state index in [0.29, 0.717) is 0 Å². The molecule has 0 spiro atoms. The van der Waals surface area contributed by atoms with Crippen LogP contribution in [0.1, 0.15) is 18.6 Å². The van der Waals surface area contributed by atoms with Crippen LogP contribution in [0.5, 0.6) is 0 Å². The van der Waals surface area contributed by atoms with Crippen molar-refractivity contribution in [3.05, 3.63) is 29.8 Å². The molecule has 0 saturated heterocycles.